The minimum absolute atomic E-state index is 0.142. The van der Waals surface area contributed by atoms with Crippen molar-refractivity contribution < 1.29 is 53.7 Å². The van der Waals surface area contributed by atoms with Crippen LogP contribution in [0.3, 0.4) is 0 Å². The number of hydrogen-bond donors (Lipinski definition) is 4. The lowest BCUT2D eigenvalue weighted by molar-refractivity contribution is -0.126. The molecular weight excluding hydrogens is 694 g/mol. The van der Waals surface area contributed by atoms with Crippen LogP contribution >= 0.6 is 0 Å². The van der Waals surface area contributed by atoms with E-state index in [9.17, 15) is 36.0 Å². The van der Waals surface area contributed by atoms with Crippen molar-refractivity contribution in [2.24, 2.45) is 0 Å². The third kappa shape index (κ3) is 8.68. The van der Waals surface area contributed by atoms with Gasteiger partial charge in [-0.05, 0) is 49.4 Å². The Bertz CT molecular complexity index is 1770. The first-order valence-corrected chi connectivity index (χ1v) is 17.5. The number of amides is 6. The lowest BCUT2D eigenvalue weighted by Crippen LogP contribution is -2.53. The minimum atomic E-state index is -4.81. The summed E-state index contributed by atoms with van der Waals surface area (Å²) in [6, 6.07) is 2.99. The number of hydrogen-bond acceptors (Lipinski definition) is 13. The number of hydrazine groups is 1. The van der Waals surface area contributed by atoms with E-state index in [1.165, 1.54) is 14.8 Å². The van der Waals surface area contributed by atoms with E-state index >= 15 is 0 Å². The number of carbonyl (C=O) groups excluding carboxylic acids is 4. The first-order chi connectivity index (χ1) is 23.1. The number of hydroxylamine groups is 4. The third-order valence-corrected chi connectivity index (χ3v) is 8.80. The monoisotopic (exact) mass is 727 g/mol. The van der Waals surface area contributed by atoms with Crippen LogP contribution in [0.4, 0.5) is 15.3 Å². The first-order valence-electron chi connectivity index (χ1n) is 14.8. The summed E-state index contributed by atoms with van der Waals surface area (Å²) in [5.74, 6) is -0.744. The molecule has 49 heavy (non-hydrogen) atoms. The van der Waals surface area contributed by atoms with E-state index in [1.54, 1.807) is 50.0 Å². The predicted molar refractivity (Wildman–Crippen MR) is 164 cm³/mol. The Morgan fingerprint density at radius 1 is 0.837 bits per heavy atom. The molecule has 6 heterocycles. The SMILES string of the molecule is CN(NC(=O)[C@@H]1CC[C@@H]2CN1C(=O)N2OS(=O)(=O)O)c1cccnc1.O=C(NCc1cccnc1)[C@@H]1CC[C@@H]2CN1C(=O)N2OS(=O)(=O)O. The van der Waals surface area contributed by atoms with Gasteiger partial charge < -0.3 is 15.1 Å². The van der Waals surface area contributed by atoms with Gasteiger partial charge >= 0.3 is 32.9 Å². The maximum Gasteiger partial charge on any atom is 0.418 e. The molecule has 4 aliphatic heterocycles. The molecule has 4 aliphatic rings. The van der Waals surface area contributed by atoms with Crippen molar-refractivity contribution >= 4 is 50.4 Å². The number of carbonyl (C=O) groups is 4. The van der Waals surface area contributed by atoms with Gasteiger partial charge in [0.05, 0.1) is 24.0 Å². The molecule has 4 saturated heterocycles. The van der Waals surface area contributed by atoms with E-state index in [-0.39, 0.29) is 25.5 Å². The number of rotatable bonds is 10. The zero-order valence-electron chi connectivity index (χ0n) is 25.8. The summed E-state index contributed by atoms with van der Waals surface area (Å²) in [6.45, 7) is 0.586. The smallest absolute Gasteiger partial charge is 0.350 e. The number of nitrogens with zero attached hydrogens (tertiary/aromatic N) is 7. The van der Waals surface area contributed by atoms with Crippen molar-refractivity contribution in [2.75, 3.05) is 25.1 Å². The number of urea groups is 2. The Balaban J connectivity index is 0.000000191. The van der Waals surface area contributed by atoms with Crippen molar-refractivity contribution in [3.05, 3.63) is 54.6 Å². The van der Waals surface area contributed by atoms with Crippen LogP contribution in [0.15, 0.2) is 49.1 Å². The fraction of sp³-hybridized carbons (Fsp3) is 0.462. The molecule has 6 rings (SSSR count). The molecule has 23 heteroatoms. The molecule has 0 aromatic carbocycles. The maximum atomic E-state index is 12.5. The second kappa shape index (κ2) is 14.4. The Morgan fingerprint density at radius 2 is 1.35 bits per heavy atom. The largest absolute Gasteiger partial charge is 0.418 e. The number of aromatic nitrogens is 2. The summed E-state index contributed by atoms with van der Waals surface area (Å²) < 4.78 is 69.6. The lowest BCUT2D eigenvalue weighted by Gasteiger charge is -2.31. The van der Waals surface area contributed by atoms with Crippen LogP contribution < -0.4 is 15.8 Å². The molecule has 4 bridgehead atoms. The summed E-state index contributed by atoms with van der Waals surface area (Å²) >= 11 is 0. The van der Waals surface area contributed by atoms with Gasteiger partial charge in [-0.2, -0.15) is 27.0 Å². The quantitative estimate of drug-likeness (QED) is 0.173. The topological polar surface area (TPSA) is 262 Å². The summed E-state index contributed by atoms with van der Waals surface area (Å²) in [5.41, 5.74) is 4.15. The van der Waals surface area contributed by atoms with E-state index < -0.39 is 62.9 Å². The summed E-state index contributed by atoms with van der Waals surface area (Å²) in [7, 11) is -7.96. The molecule has 0 spiro atoms. The molecule has 6 amide bonds. The third-order valence-electron chi connectivity index (χ3n) is 8.10. The molecule has 0 aliphatic carbocycles. The normalized spacial score (nSPS) is 23.2. The maximum absolute atomic E-state index is 12.5. The van der Waals surface area contributed by atoms with E-state index in [0.717, 1.165) is 5.56 Å². The highest BCUT2D eigenvalue weighted by Gasteiger charge is 2.50. The number of nitrogens with one attached hydrogen (secondary N) is 2. The van der Waals surface area contributed by atoms with Gasteiger partial charge in [-0.25, -0.2) is 9.59 Å². The van der Waals surface area contributed by atoms with Gasteiger partial charge in [0, 0.05) is 45.3 Å². The summed E-state index contributed by atoms with van der Waals surface area (Å²) in [6.07, 6.45) is 7.90. The molecule has 21 nitrogen and oxygen atoms in total. The standard InChI is InChI=1S/C13H17N5O6S.C13H16N4O6S/c1-16(9-3-2-6-14-7-9)15-12(19)11-5-4-10-8-17(11)13(20)18(10)24-25(21,22)23;18-12(15-7-9-2-1-5-14-6-9)11-4-3-10-8-16(11)13(19)17(10)23-24(20,21)22/h2-3,6-7,10-11H,4-5,8H2,1H3,(H,15,19)(H,21,22,23);1-2,5-6,10-11H,3-4,7-8H2,(H,15,18)(H,20,21,22)/t2*10-,11+/m11/s1. The van der Waals surface area contributed by atoms with Crippen molar-refractivity contribution in [3.63, 3.8) is 0 Å². The summed E-state index contributed by atoms with van der Waals surface area (Å²) in [4.78, 5) is 59.7. The molecule has 2 aromatic rings. The van der Waals surface area contributed by atoms with E-state index in [1.807, 2.05) is 6.07 Å². The van der Waals surface area contributed by atoms with Crippen molar-refractivity contribution in [3.8, 4) is 0 Å². The van der Waals surface area contributed by atoms with Gasteiger partial charge in [-0.3, -0.25) is 39.1 Å². The zero-order valence-corrected chi connectivity index (χ0v) is 27.4. The number of pyridine rings is 2. The van der Waals surface area contributed by atoms with Crippen LogP contribution in [-0.4, -0.2) is 124 Å². The molecular formula is C26H33N9O12S2. The van der Waals surface area contributed by atoms with E-state index in [2.05, 4.69) is 29.3 Å². The minimum Gasteiger partial charge on any atom is -0.350 e. The number of piperidine rings is 2. The zero-order chi connectivity index (χ0) is 35.5. The molecule has 4 atom stereocenters. The first kappa shape index (κ1) is 35.6. The van der Waals surface area contributed by atoms with Crippen LogP contribution in [0.1, 0.15) is 31.2 Å². The van der Waals surface area contributed by atoms with Crippen LogP contribution in [0.5, 0.6) is 0 Å². The second-order valence-corrected chi connectivity index (χ2v) is 13.4. The van der Waals surface area contributed by atoms with Gasteiger partial charge in [0.2, 0.25) is 5.91 Å². The highest BCUT2D eigenvalue weighted by Crippen LogP contribution is 2.32. The van der Waals surface area contributed by atoms with Gasteiger partial charge in [-0.15, -0.1) is 8.57 Å². The Hall–Kier alpha value is -4.68. The molecule has 4 fully saturated rings. The molecule has 0 unspecified atom stereocenters. The Labute approximate surface area is 280 Å². The molecule has 2 aromatic heterocycles. The predicted octanol–water partition coefficient (Wildman–Crippen LogP) is -0.747. The van der Waals surface area contributed by atoms with Gasteiger partial charge in [0.1, 0.15) is 12.1 Å². The fourth-order valence-electron chi connectivity index (χ4n) is 5.87. The molecule has 0 saturated carbocycles. The molecule has 0 radical (unpaired) electrons. The van der Waals surface area contributed by atoms with Crippen molar-refractivity contribution in [1.29, 1.82) is 0 Å². The highest BCUT2D eigenvalue weighted by molar-refractivity contribution is 7.81. The number of anilines is 1. The van der Waals surface area contributed by atoms with Gasteiger partial charge in [0.25, 0.3) is 5.91 Å². The van der Waals surface area contributed by atoms with Crippen molar-refractivity contribution in [2.45, 2.75) is 56.4 Å². The van der Waals surface area contributed by atoms with Gasteiger partial charge in [0.15, 0.2) is 0 Å². The van der Waals surface area contributed by atoms with E-state index in [4.69, 9.17) is 9.11 Å². The molecule has 4 N–H and O–H groups in total. The lowest BCUT2D eigenvalue weighted by atomic mass is 10.0. The Kier molecular flexibility index (Phi) is 10.5. The Morgan fingerprint density at radius 3 is 1.82 bits per heavy atom. The van der Waals surface area contributed by atoms with Crippen LogP contribution in [-0.2, 0) is 45.5 Å². The van der Waals surface area contributed by atoms with Crippen LogP contribution in [0.25, 0.3) is 0 Å². The average Bonchev–Trinajstić information content (AvgIpc) is 3.43. The van der Waals surface area contributed by atoms with E-state index in [0.29, 0.717) is 41.5 Å². The average molecular weight is 728 g/mol. The number of fused-ring (bicyclic) bond motifs is 4. The van der Waals surface area contributed by atoms with Crippen molar-refractivity contribution in [1.82, 2.24) is 40.6 Å². The molecule has 266 valence electrons. The summed E-state index contributed by atoms with van der Waals surface area (Å²) in [5, 5.41) is 5.44. The second-order valence-electron chi connectivity index (χ2n) is 11.3. The van der Waals surface area contributed by atoms with Crippen LogP contribution in [0.2, 0.25) is 0 Å². The van der Waals surface area contributed by atoms with Crippen LogP contribution in [0, 0.1) is 0 Å². The fourth-order valence-corrected chi connectivity index (χ4v) is 6.65. The van der Waals surface area contributed by atoms with Gasteiger partial charge in [-0.1, -0.05) is 6.07 Å². The highest BCUT2D eigenvalue weighted by atomic mass is 32.3.